The molecule has 1 saturated heterocycles. The molecule has 0 unspecified atom stereocenters. The second-order valence-electron chi connectivity index (χ2n) is 9.10. The molecule has 2 heterocycles. The van der Waals surface area contributed by atoms with E-state index in [2.05, 4.69) is 4.74 Å². The number of aromatic nitrogens is 2. The smallest absolute Gasteiger partial charge is 0.387 e. The Morgan fingerprint density at radius 3 is 2.42 bits per heavy atom. The number of imidazole rings is 1. The van der Waals surface area contributed by atoms with Gasteiger partial charge in [-0.15, -0.1) is 0 Å². The summed E-state index contributed by atoms with van der Waals surface area (Å²) in [5.41, 5.74) is 0.808. The van der Waals surface area contributed by atoms with Crippen LogP contribution in [0, 0.1) is 5.41 Å². The minimum atomic E-state index is -3.07. The highest BCUT2D eigenvalue weighted by atomic mass is 32.2. The molecule has 0 amide bonds. The van der Waals surface area contributed by atoms with Gasteiger partial charge in [0.2, 0.25) is 0 Å². The van der Waals surface area contributed by atoms with E-state index in [1.165, 1.54) is 27.3 Å². The zero-order valence-corrected chi connectivity index (χ0v) is 19.2. The number of carbonyl (C=O) groups excluding carboxylic acids is 1. The van der Waals surface area contributed by atoms with Gasteiger partial charge in [0.15, 0.2) is 15.6 Å². The predicted molar refractivity (Wildman–Crippen MR) is 120 cm³/mol. The summed E-state index contributed by atoms with van der Waals surface area (Å²) in [6, 6.07) is 10.5. The number of hydrogen-bond donors (Lipinski definition) is 0. The molecule has 0 saturated carbocycles. The molecule has 1 aliphatic heterocycles. The first-order valence-electron chi connectivity index (χ1n) is 10.4. The lowest BCUT2D eigenvalue weighted by Gasteiger charge is -2.37. The molecule has 1 aliphatic rings. The first kappa shape index (κ1) is 23.2. The second-order valence-corrected chi connectivity index (χ2v) is 11.2. The van der Waals surface area contributed by atoms with Gasteiger partial charge in [-0.3, -0.25) is 13.9 Å². The average molecular weight is 479 g/mol. The van der Waals surface area contributed by atoms with Crippen LogP contribution in [0.5, 0.6) is 5.75 Å². The van der Waals surface area contributed by atoms with Gasteiger partial charge in [0.05, 0.1) is 28.2 Å². The predicted octanol–water partition coefficient (Wildman–Crippen LogP) is 3.98. The molecule has 33 heavy (non-hydrogen) atoms. The SMILES string of the molecule is CC(C)n1c(=O)n(-c2cccc(OC(F)F)c2)c2ccc(C(=O)CC3(C)CS(=O)(=O)C3)cc21. The number of sulfone groups is 1. The Labute approximate surface area is 189 Å². The highest BCUT2D eigenvalue weighted by Crippen LogP contribution is 2.37. The minimum absolute atomic E-state index is 0.0158. The van der Waals surface area contributed by atoms with Crippen LogP contribution in [0.2, 0.25) is 0 Å². The van der Waals surface area contributed by atoms with Crippen molar-refractivity contribution in [3.05, 3.63) is 58.5 Å². The molecular weight excluding hydrogens is 454 g/mol. The number of hydrogen-bond acceptors (Lipinski definition) is 5. The van der Waals surface area contributed by atoms with Crippen LogP contribution in [-0.2, 0) is 9.84 Å². The molecule has 0 bridgehead atoms. The molecule has 0 aliphatic carbocycles. The van der Waals surface area contributed by atoms with Crippen molar-refractivity contribution in [1.29, 1.82) is 0 Å². The topological polar surface area (TPSA) is 87.4 Å². The van der Waals surface area contributed by atoms with Crippen LogP contribution in [0.3, 0.4) is 0 Å². The van der Waals surface area contributed by atoms with Crippen molar-refractivity contribution in [3.8, 4) is 11.4 Å². The van der Waals surface area contributed by atoms with Crippen molar-refractivity contribution in [2.24, 2.45) is 5.41 Å². The molecular formula is C23H24F2N2O5S. The summed E-state index contributed by atoms with van der Waals surface area (Å²) in [5.74, 6) is -0.302. The number of ketones is 1. The van der Waals surface area contributed by atoms with E-state index in [4.69, 9.17) is 0 Å². The number of rotatable bonds is 7. The number of fused-ring (bicyclic) bond motifs is 1. The van der Waals surface area contributed by atoms with E-state index < -0.39 is 21.9 Å². The summed E-state index contributed by atoms with van der Waals surface area (Å²) in [7, 11) is -3.07. The highest BCUT2D eigenvalue weighted by Gasteiger charge is 2.45. The highest BCUT2D eigenvalue weighted by molar-refractivity contribution is 7.92. The summed E-state index contributed by atoms with van der Waals surface area (Å²) in [6.07, 6.45) is 0.0946. The van der Waals surface area contributed by atoms with Crippen molar-refractivity contribution < 1.29 is 26.7 Å². The van der Waals surface area contributed by atoms with Gasteiger partial charge in [-0.1, -0.05) is 13.0 Å². The zero-order valence-electron chi connectivity index (χ0n) is 18.4. The van der Waals surface area contributed by atoms with Gasteiger partial charge in [-0.05, 0) is 44.2 Å². The van der Waals surface area contributed by atoms with Crippen LogP contribution in [-0.4, -0.2) is 41.5 Å². The Bertz CT molecular complexity index is 1390. The minimum Gasteiger partial charge on any atom is -0.435 e. The molecule has 1 aromatic heterocycles. The quantitative estimate of drug-likeness (QED) is 0.480. The molecule has 7 nitrogen and oxygen atoms in total. The third kappa shape index (κ3) is 4.44. The van der Waals surface area contributed by atoms with Crippen LogP contribution >= 0.6 is 0 Å². The number of alkyl halides is 2. The van der Waals surface area contributed by atoms with Gasteiger partial charge in [0.1, 0.15) is 5.75 Å². The molecule has 10 heteroatoms. The lowest BCUT2D eigenvalue weighted by Crippen LogP contribution is -2.47. The molecule has 3 aromatic rings. The third-order valence-corrected chi connectivity index (χ3v) is 8.01. The molecule has 1 fully saturated rings. The van der Waals surface area contributed by atoms with Gasteiger partial charge in [-0.2, -0.15) is 8.78 Å². The Balaban J connectivity index is 1.78. The van der Waals surface area contributed by atoms with Gasteiger partial charge < -0.3 is 4.74 Å². The first-order valence-corrected chi connectivity index (χ1v) is 12.3. The van der Waals surface area contributed by atoms with Gasteiger partial charge >= 0.3 is 12.3 Å². The van der Waals surface area contributed by atoms with Crippen LogP contribution in [0.1, 0.15) is 43.6 Å². The van der Waals surface area contributed by atoms with Crippen LogP contribution in [0.25, 0.3) is 16.7 Å². The molecule has 176 valence electrons. The zero-order chi connectivity index (χ0) is 24.1. The van der Waals surface area contributed by atoms with Crippen molar-refractivity contribution in [1.82, 2.24) is 9.13 Å². The molecule has 0 radical (unpaired) electrons. The average Bonchev–Trinajstić information content (AvgIpc) is 2.96. The van der Waals surface area contributed by atoms with E-state index in [1.54, 1.807) is 31.2 Å². The Kier molecular flexibility index (Phi) is 5.68. The first-order chi connectivity index (χ1) is 15.4. The van der Waals surface area contributed by atoms with Crippen LogP contribution in [0.15, 0.2) is 47.3 Å². The van der Waals surface area contributed by atoms with Gasteiger partial charge in [0.25, 0.3) is 0 Å². The van der Waals surface area contributed by atoms with Crippen molar-refractivity contribution >= 4 is 26.7 Å². The standard InChI is InChI=1S/C23H24F2N2O5S/c1-14(2)26-19-9-15(20(28)11-23(3)12-33(30,31)13-23)7-8-18(19)27(22(26)29)16-5-4-6-17(10-16)32-21(24)25/h4-10,14,21H,11-13H2,1-3H3. The second kappa shape index (κ2) is 8.09. The Morgan fingerprint density at radius 1 is 1.12 bits per heavy atom. The van der Waals surface area contributed by atoms with Gasteiger partial charge in [-0.25, -0.2) is 13.2 Å². The fraction of sp³-hybridized carbons (Fsp3) is 0.391. The van der Waals surface area contributed by atoms with Crippen molar-refractivity contribution in [2.45, 2.75) is 39.8 Å². The molecule has 0 N–H and O–H groups in total. The van der Waals surface area contributed by atoms with Gasteiger partial charge in [0, 0.05) is 29.5 Å². The summed E-state index contributed by atoms with van der Waals surface area (Å²) < 4.78 is 55.8. The van der Waals surface area contributed by atoms with E-state index in [1.807, 2.05) is 13.8 Å². The molecule has 0 spiro atoms. The largest absolute Gasteiger partial charge is 0.435 e. The number of carbonyl (C=O) groups is 1. The van der Waals surface area contributed by atoms with Crippen molar-refractivity contribution in [3.63, 3.8) is 0 Å². The fourth-order valence-corrected chi connectivity index (χ4v) is 6.79. The van der Waals surface area contributed by atoms with E-state index >= 15 is 0 Å². The van der Waals surface area contributed by atoms with Crippen molar-refractivity contribution in [2.75, 3.05) is 11.5 Å². The summed E-state index contributed by atoms with van der Waals surface area (Å²) in [6.45, 7) is 2.45. The molecule has 4 rings (SSSR count). The lowest BCUT2D eigenvalue weighted by atomic mass is 9.86. The monoisotopic (exact) mass is 478 g/mol. The number of Topliss-reactive ketones (excluding diaryl/α,β-unsaturated/α-hetero) is 1. The summed E-state index contributed by atoms with van der Waals surface area (Å²) in [5, 5.41) is 0. The van der Waals surface area contributed by atoms with E-state index in [0.717, 1.165) is 0 Å². The van der Waals surface area contributed by atoms with Crippen LogP contribution < -0.4 is 10.4 Å². The van der Waals surface area contributed by atoms with E-state index in [-0.39, 0.29) is 41.2 Å². The maximum absolute atomic E-state index is 13.3. The normalized spacial score (nSPS) is 16.8. The maximum Gasteiger partial charge on any atom is 0.387 e. The maximum atomic E-state index is 13.3. The third-order valence-electron chi connectivity index (χ3n) is 5.74. The lowest BCUT2D eigenvalue weighted by molar-refractivity contribution is -0.0498. The summed E-state index contributed by atoms with van der Waals surface area (Å²) >= 11 is 0. The summed E-state index contributed by atoms with van der Waals surface area (Å²) in [4.78, 5) is 26.2. The number of ether oxygens (including phenoxy) is 1. The Morgan fingerprint density at radius 2 is 1.82 bits per heavy atom. The number of halogens is 2. The number of nitrogens with zero attached hydrogens (tertiary/aromatic N) is 2. The molecule has 0 atom stereocenters. The molecule has 2 aromatic carbocycles. The van der Waals surface area contributed by atoms with Crippen LogP contribution in [0.4, 0.5) is 8.78 Å². The van der Waals surface area contributed by atoms with E-state index in [9.17, 15) is 26.8 Å². The fourth-order valence-electron chi connectivity index (χ4n) is 4.55. The van der Waals surface area contributed by atoms with E-state index in [0.29, 0.717) is 22.3 Å². The number of benzene rings is 2. The Hall–Kier alpha value is -3.01.